The third-order valence-corrected chi connectivity index (χ3v) is 5.20. The molecule has 1 aliphatic carbocycles. The van der Waals surface area contributed by atoms with Crippen LogP contribution in [0.4, 0.5) is 0 Å². The Bertz CT molecular complexity index is 928. The molecule has 0 bridgehead atoms. The van der Waals surface area contributed by atoms with Crippen LogP contribution in [0.1, 0.15) is 30.3 Å². The summed E-state index contributed by atoms with van der Waals surface area (Å²) in [4.78, 5) is 16.8. The van der Waals surface area contributed by atoms with Crippen molar-refractivity contribution in [2.24, 2.45) is 5.92 Å². The average Bonchev–Trinajstić information content (AvgIpc) is 3.30. The van der Waals surface area contributed by atoms with Crippen LogP contribution in [0.5, 0.6) is 0 Å². The number of fused-ring (bicyclic) bond motifs is 2. The number of rotatable bonds is 3. The second-order valence-corrected chi connectivity index (χ2v) is 6.90. The van der Waals surface area contributed by atoms with Gasteiger partial charge in [-0.1, -0.05) is 11.6 Å². The molecule has 1 aromatic heterocycles. The number of aromatic nitrogens is 2. The first-order valence-corrected chi connectivity index (χ1v) is 9.17. The minimum absolute atomic E-state index is 0.266. The van der Waals surface area contributed by atoms with Gasteiger partial charge in [-0.3, -0.25) is 9.36 Å². The van der Waals surface area contributed by atoms with Gasteiger partial charge in [-0.2, -0.15) is 5.26 Å². The normalized spacial score (nSPS) is 20.3. The summed E-state index contributed by atoms with van der Waals surface area (Å²) in [7, 11) is 0. The predicted octanol–water partition coefficient (Wildman–Crippen LogP) is 2.72. The number of hydrogen-bond acceptors (Lipinski definition) is 6. The van der Waals surface area contributed by atoms with Gasteiger partial charge in [-0.05, 0) is 25.1 Å². The highest BCUT2D eigenvalue weighted by atomic mass is 35.5. The molecule has 1 spiro atoms. The van der Waals surface area contributed by atoms with Gasteiger partial charge in [-0.15, -0.1) is 0 Å². The fourth-order valence-corrected chi connectivity index (χ4v) is 3.96. The maximum absolute atomic E-state index is 12.3. The van der Waals surface area contributed by atoms with E-state index < -0.39 is 5.79 Å². The molecule has 1 aromatic carbocycles. The fraction of sp³-hybridized carbons (Fsp3) is 0.421. The molecule has 1 saturated heterocycles. The number of nitriles is 1. The molecule has 1 aliphatic heterocycles. The molecule has 2 aromatic rings. The third kappa shape index (κ3) is 3.00. The van der Waals surface area contributed by atoms with E-state index in [1.165, 1.54) is 0 Å². The van der Waals surface area contributed by atoms with Gasteiger partial charge in [0.2, 0.25) is 5.79 Å². The van der Waals surface area contributed by atoms with Gasteiger partial charge in [0, 0.05) is 18.5 Å². The average molecular weight is 388 g/mol. The largest absolute Gasteiger partial charge is 0.466 e. The van der Waals surface area contributed by atoms with Gasteiger partial charge in [0.1, 0.15) is 11.8 Å². The number of carbonyl (C=O) groups excluding carboxylic acids is 1. The third-order valence-electron chi connectivity index (χ3n) is 4.88. The number of esters is 1. The predicted molar refractivity (Wildman–Crippen MR) is 95.3 cm³/mol. The molecule has 140 valence electrons. The maximum atomic E-state index is 12.3. The van der Waals surface area contributed by atoms with Crippen LogP contribution in [0, 0.1) is 17.2 Å². The van der Waals surface area contributed by atoms with Crippen molar-refractivity contribution in [3.05, 3.63) is 46.5 Å². The summed E-state index contributed by atoms with van der Waals surface area (Å²) in [6, 6.07) is 7.22. The van der Waals surface area contributed by atoms with E-state index in [4.69, 9.17) is 31.1 Å². The van der Waals surface area contributed by atoms with Gasteiger partial charge in [-0.25, -0.2) is 4.98 Å². The van der Waals surface area contributed by atoms with Gasteiger partial charge in [0.15, 0.2) is 0 Å². The monoisotopic (exact) mass is 387 g/mol. The molecule has 1 fully saturated rings. The highest BCUT2D eigenvalue weighted by Crippen LogP contribution is 2.45. The molecule has 7 nitrogen and oxygen atoms in total. The summed E-state index contributed by atoms with van der Waals surface area (Å²) in [5.41, 5.74) is 2.66. The van der Waals surface area contributed by atoms with Crippen molar-refractivity contribution in [1.29, 1.82) is 5.26 Å². The summed E-state index contributed by atoms with van der Waals surface area (Å²) in [5.74, 6) is -1.68. The first kappa shape index (κ1) is 18.0. The number of ether oxygens (including phenoxy) is 3. The SMILES string of the molecule is CCOC(=O)C1Cc2ncn(-c3ccc(C#N)c(Cl)c3)c2C2(C1)OCCO2. The standard InChI is InChI=1S/C19H18ClN3O4/c1-2-25-18(24)13-7-16-17(19(9-13)26-5-6-27-19)23(11-22-16)14-4-3-12(10-21)15(20)8-14/h3-4,8,11,13H,2,5-7,9H2,1H3. The lowest BCUT2D eigenvalue weighted by Crippen LogP contribution is -2.40. The molecule has 0 N–H and O–H groups in total. The van der Waals surface area contributed by atoms with Crippen LogP contribution in [-0.2, 0) is 31.2 Å². The Hall–Kier alpha value is -2.40. The number of hydrogen-bond donors (Lipinski definition) is 0. The molecule has 2 aliphatic rings. The number of nitrogens with zero attached hydrogens (tertiary/aromatic N) is 3. The molecule has 2 heterocycles. The van der Waals surface area contributed by atoms with Crippen molar-refractivity contribution in [2.45, 2.75) is 25.6 Å². The molecule has 4 rings (SSSR count). The molecule has 8 heteroatoms. The van der Waals surface area contributed by atoms with Gasteiger partial charge >= 0.3 is 5.97 Å². The van der Waals surface area contributed by atoms with Crippen molar-refractivity contribution in [3.63, 3.8) is 0 Å². The van der Waals surface area contributed by atoms with Crippen molar-refractivity contribution in [3.8, 4) is 11.8 Å². The molecular formula is C19H18ClN3O4. The first-order chi connectivity index (χ1) is 13.1. The first-order valence-electron chi connectivity index (χ1n) is 8.79. The second kappa shape index (κ2) is 6.97. The zero-order chi connectivity index (χ0) is 19.0. The lowest BCUT2D eigenvalue weighted by atomic mass is 9.85. The van der Waals surface area contributed by atoms with Gasteiger partial charge in [0.25, 0.3) is 0 Å². The van der Waals surface area contributed by atoms with E-state index in [1.807, 2.05) is 4.57 Å². The van der Waals surface area contributed by atoms with Crippen molar-refractivity contribution < 1.29 is 19.0 Å². The lowest BCUT2D eigenvalue weighted by Gasteiger charge is -2.35. The minimum Gasteiger partial charge on any atom is -0.466 e. The van der Waals surface area contributed by atoms with E-state index in [0.717, 1.165) is 17.1 Å². The zero-order valence-corrected chi connectivity index (χ0v) is 15.5. The van der Waals surface area contributed by atoms with Crippen molar-refractivity contribution in [2.75, 3.05) is 19.8 Å². The Morgan fingerprint density at radius 3 is 2.93 bits per heavy atom. The van der Waals surface area contributed by atoms with Gasteiger partial charge < -0.3 is 14.2 Å². The maximum Gasteiger partial charge on any atom is 0.309 e. The van der Waals surface area contributed by atoms with Crippen LogP contribution in [-0.4, -0.2) is 35.3 Å². The van der Waals surface area contributed by atoms with Crippen LogP contribution in [0.2, 0.25) is 5.02 Å². The molecule has 0 amide bonds. The van der Waals surface area contributed by atoms with Crippen molar-refractivity contribution >= 4 is 17.6 Å². The Balaban J connectivity index is 1.78. The highest BCUT2D eigenvalue weighted by Gasteiger charge is 2.50. The molecule has 1 unspecified atom stereocenters. The fourth-order valence-electron chi connectivity index (χ4n) is 3.74. The number of imidazole rings is 1. The summed E-state index contributed by atoms with van der Waals surface area (Å²) in [5, 5.41) is 9.45. The topological polar surface area (TPSA) is 86.4 Å². The number of halogens is 1. The van der Waals surface area contributed by atoms with E-state index in [1.54, 1.807) is 31.5 Å². The second-order valence-electron chi connectivity index (χ2n) is 6.49. The Kier molecular flexibility index (Phi) is 4.64. The zero-order valence-electron chi connectivity index (χ0n) is 14.8. The molecular weight excluding hydrogens is 370 g/mol. The number of benzene rings is 1. The van der Waals surface area contributed by atoms with Crippen LogP contribution in [0.25, 0.3) is 5.69 Å². The van der Waals surface area contributed by atoms with E-state index in [0.29, 0.717) is 43.2 Å². The molecule has 1 atom stereocenters. The van der Waals surface area contributed by atoms with Crippen molar-refractivity contribution in [1.82, 2.24) is 9.55 Å². The van der Waals surface area contributed by atoms with Crippen LogP contribution in [0.3, 0.4) is 0 Å². The summed E-state index contributed by atoms with van der Waals surface area (Å²) in [6.45, 7) is 2.99. The van der Waals surface area contributed by atoms with E-state index in [9.17, 15) is 4.79 Å². The molecule has 0 radical (unpaired) electrons. The molecule has 0 saturated carbocycles. The van der Waals surface area contributed by atoms with Crippen LogP contribution < -0.4 is 0 Å². The summed E-state index contributed by atoms with van der Waals surface area (Å²) < 4.78 is 19.0. The van der Waals surface area contributed by atoms with Crippen LogP contribution in [0.15, 0.2) is 24.5 Å². The van der Waals surface area contributed by atoms with E-state index in [-0.39, 0.29) is 11.9 Å². The lowest BCUT2D eigenvalue weighted by molar-refractivity contribution is -0.195. The van der Waals surface area contributed by atoms with Gasteiger partial charge in [0.05, 0.1) is 48.3 Å². The summed E-state index contributed by atoms with van der Waals surface area (Å²) in [6.07, 6.45) is 2.50. The molecule has 27 heavy (non-hydrogen) atoms. The highest BCUT2D eigenvalue weighted by molar-refractivity contribution is 6.31. The Morgan fingerprint density at radius 2 is 2.26 bits per heavy atom. The summed E-state index contributed by atoms with van der Waals surface area (Å²) >= 11 is 6.20. The smallest absolute Gasteiger partial charge is 0.309 e. The van der Waals surface area contributed by atoms with E-state index >= 15 is 0 Å². The Morgan fingerprint density at radius 1 is 1.48 bits per heavy atom. The Labute approximate surface area is 161 Å². The number of carbonyl (C=O) groups is 1. The van der Waals surface area contributed by atoms with E-state index in [2.05, 4.69) is 11.1 Å². The quantitative estimate of drug-likeness (QED) is 0.752. The minimum atomic E-state index is -1.04. The van der Waals surface area contributed by atoms with Crippen LogP contribution >= 0.6 is 11.6 Å².